The van der Waals surface area contributed by atoms with Crippen LogP contribution < -0.4 is 0 Å². The summed E-state index contributed by atoms with van der Waals surface area (Å²) >= 11 is 21.8. The summed E-state index contributed by atoms with van der Waals surface area (Å²) in [5, 5.41) is 0. The van der Waals surface area contributed by atoms with Gasteiger partial charge in [0.15, 0.2) is 22.7 Å². The summed E-state index contributed by atoms with van der Waals surface area (Å²) < 4.78 is 21.4. The Kier molecular flexibility index (Phi) is 5.01. The first kappa shape index (κ1) is 20.7. The summed E-state index contributed by atoms with van der Waals surface area (Å²) in [6.07, 6.45) is 0. The molecule has 0 amide bonds. The second-order valence-electron chi connectivity index (χ2n) is 6.74. The SMILES string of the molecule is Cc1cc(Br)c(-c2oc3c(sc4c5oc(-c6sc(C)cc6Br)c(Br)c5sc34)c2Br)s1. The predicted molar refractivity (Wildman–Crippen MR) is 146 cm³/mol. The molecule has 0 aromatic carbocycles. The van der Waals surface area contributed by atoms with E-state index in [9.17, 15) is 0 Å². The van der Waals surface area contributed by atoms with E-state index in [1.54, 1.807) is 45.3 Å². The van der Waals surface area contributed by atoms with Crippen molar-refractivity contribution in [3.05, 3.63) is 39.8 Å². The summed E-state index contributed by atoms with van der Waals surface area (Å²) in [6, 6.07) is 4.25. The highest BCUT2D eigenvalue weighted by Gasteiger charge is 2.27. The molecule has 0 fully saturated rings. The fourth-order valence-electron chi connectivity index (χ4n) is 3.44. The highest BCUT2D eigenvalue weighted by Crippen LogP contribution is 2.55. The van der Waals surface area contributed by atoms with Gasteiger partial charge < -0.3 is 8.83 Å². The lowest BCUT2D eigenvalue weighted by atomic mass is 10.3. The fourth-order valence-corrected chi connectivity index (χ4v) is 11.2. The van der Waals surface area contributed by atoms with Crippen molar-refractivity contribution in [1.82, 2.24) is 0 Å². The Hall–Kier alpha value is 0.0600. The van der Waals surface area contributed by atoms with Crippen LogP contribution in [0.15, 0.2) is 38.9 Å². The van der Waals surface area contributed by atoms with Crippen molar-refractivity contribution in [2.45, 2.75) is 13.8 Å². The normalized spacial score (nSPS) is 12.3. The minimum atomic E-state index is 0.880. The Morgan fingerprint density at radius 3 is 1.33 bits per heavy atom. The third-order valence-corrected chi connectivity index (χ3v) is 13.1. The molecule has 6 heterocycles. The topological polar surface area (TPSA) is 26.3 Å². The Morgan fingerprint density at radius 2 is 1.00 bits per heavy atom. The number of furan rings is 2. The molecule has 0 aliphatic heterocycles. The van der Waals surface area contributed by atoms with E-state index in [1.165, 1.54) is 9.75 Å². The van der Waals surface area contributed by atoms with Crippen molar-refractivity contribution in [2.24, 2.45) is 0 Å². The molecule has 0 atom stereocenters. The van der Waals surface area contributed by atoms with E-state index in [1.807, 2.05) is 0 Å². The van der Waals surface area contributed by atoms with Crippen LogP contribution >= 0.6 is 109 Å². The molecule has 0 saturated heterocycles. The first-order valence-electron chi connectivity index (χ1n) is 8.61. The molecule has 6 aromatic rings. The van der Waals surface area contributed by atoms with E-state index >= 15 is 0 Å². The van der Waals surface area contributed by atoms with Crippen LogP contribution in [-0.2, 0) is 0 Å². The minimum Gasteiger partial charge on any atom is -0.451 e. The fraction of sp³-hybridized carbons (Fsp3) is 0.100. The zero-order chi connectivity index (χ0) is 20.9. The summed E-state index contributed by atoms with van der Waals surface area (Å²) in [7, 11) is 0. The van der Waals surface area contributed by atoms with Crippen LogP contribution in [-0.4, -0.2) is 0 Å². The van der Waals surface area contributed by atoms with Crippen molar-refractivity contribution < 1.29 is 8.83 Å². The lowest BCUT2D eigenvalue weighted by Crippen LogP contribution is -1.68. The summed E-state index contributed by atoms with van der Waals surface area (Å²) in [4.78, 5) is 4.71. The largest absolute Gasteiger partial charge is 0.451 e. The average Bonchev–Trinajstić information content (AvgIpc) is 3.47. The summed E-state index contributed by atoms with van der Waals surface area (Å²) in [5.41, 5.74) is 1.85. The second kappa shape index (κ2) is 7.28. The van der Waals surface area contributed by atoms with E-state index in [2.05, 4.69) is 89.7 Å². The standard InChI is InChI=1S/C20H8Br4O2S4/c1-5-3-7(21)15(27-5)11-9(23)17-13(25-11)19-20(29-17)14-18(30-19)10(24)12(26-14)16-8(22)4-6(2)28-16/h3-4H,1-2H3. The van der Waals surface area contributed by atoms with Gasteiger partial charge in [-0.2, -0.15) is 0 Å². The molecule has 152 valence electrons. The van der Waals surface area contributed by atoms with Crippen molar-refractivity contribution in [2.75, 3.05) is 0 Å². The molecule has 30 heavy (non-hydrogen) atoms. The second-order valence-corrected chi connectivity index (χ2v) is 14.6. The van der Waals surface area contributed by atoms with Crippen LogP contribution in [0.2, 0.25) is 0 Å². The first-order chi connectivity index (χ1) is 14.3. The molecule has 0 aliphatic carbocycles. The van der Waals surface area contributed by atoms with Gasteiger partial charge in [-0.05, 0) is 89.7 Å². The zero-order valence-electron chi connectivity index (χ0n) is 15.1. The van der Waals surface area contributed by atoms with Crippen molar-refractivity contribution >= 4 is 139 Å². The third kappa shape index (κ3) is 2.91. The van der Waals surface area contributed by atoms with Gasteiger partial charge in [-0.15, -0.1) is 45.3 Å². The molecular weight excluding hydrogens is 720 g/mol. The molecule has 6 rings (SSSR count). The number of hydrogen-bond donors (Lipinski definition) is 0. The van der Waals surface area contributed by atoms with Gasteiger partial charge >= 0.3 is 0 Å². The number of thiophene rings is 4. The van der Waals surface area contributed by atoms with E-state index in [0.717, 1.165) is 69.1 Å². The van der Waals surface area contributed by atoms with Gasteiger partial charge in [-0.25, -0.2) is 0 Å². The number of aryl methyl sites for hydroxylation is 2. The minimum absolute atomic E-state index is 0.880. The molecule has 0 spiro atoms. The Morgan fingerprint density at radius 1 is 0.600 bits per heavy atom. The van der Waals surface area contributed by atoms with Crippen LogP contribution in [0.5, 0.6) is 0 Å². The Labute approximate surface area is 220 Å². The number of hydrogen-bond acceptors (Lipinski definition) is 6. The smallest absolute Gasteiger partial charge is 0.164 e. The van der Waals surface area contributed by atoms with Gasteiger partial charge in [0, 0.05) is 18.7 Å². The van der Waals surface area contributed by atoms with Gasteiger partial charge in [-0.1, -0.05) is 0 Å². The number of fused-ring (bicyclic) bond motifs is 5. The Balaban J connectivity index is 1.60. The monoisotopic (exact) mass is 724 g/mol. The van der Waals surface area contributed by atoms with Gasteiger partial charge in [0.2, 0.25) is 0 Å². The third-order valence-electron chi connectivity index (χ3n) is 4.68. The zero-order valence-corrected chi connectivity index (χ0v) is 24.7. The molecular formula is C20H8Br4O2S4. The molecule has 0 N–H and O–H groups in total. The maximum atomic E-state index is 6.40. The molecule has 10 heteroatoms. The van der Waals surface area contributed by atoms with Crippen LogP contribution in [0, 0.1) is 13.8 Å². The van der Waals surface area contributed by atoms with Crippen LogP contribution in [0.3, 0.4) is 0 Å². The van der Waals surface area contributed by atoms with Gasteiger partial charge in [0.1, 0.15) is 0 Å². The van der Waals surface area contributed by atoms with E-state index in [-0.39, 0.29) is 0 Å². The Bertz CT molecular complexity index is 1500. The molecule has 0 radical (unpaired) electrons. The number of halogens is 4. The lowest BCUT2D eigenvalue weighted by molar-refractivity contribution is 0.633. The van der Waals surface area contributed by atoms with Gasteiger partial charge in [0.25, 0.3) is 0 Å². The van der Waals surface area contributed by atoms with E-state index in [4.69, 9.17) is 8.83 Å². The quantitative estimate of drug-likeness (QED) is 0.177. The molecule has 0 bridgehead atoms. The highest BCUT2D eigenvalue weighted by molar-refractivity contribution is 9.11. The number of rotatable bonds is 2. The van der Waals surface area contributed by atoms with Crippen LogP contribution in [0.4, 0.5) is 0 Å². The first-order valence-corrected chi connectivity index (χ1v) is 15.0. The predicted octanol–water partition coefficient (Wildman–Crippen LogP) is 11.6. The molecule has 6 aromatic heterocycles. The molecule has 0 unspecified atom stereocenters. The van der Waals surface area contributed by atoms with Crippen LogP contribution in [0.25, 0.3) is 51.2 Å². The maximum absolute atomic E-state index is 6.40. The highest BCUT2D eigenvalue weighted by atomic mass is 79.9. The van der Waals surface area contributed by atoms with Gasteiger partial charge in [-0.3, -0.25) is 0 Å². The molecule has 0 saturated carbocycles. The lowest BCUT2D eigenvalue weighted by Gasteiger charge is -1.95. The molecule has 0 aliphatic rings. The van der Waals surface area contributed by atoms with E-state index < -0.39 is 0 Å². The van der Waals surface area contributed by atoms with E-state index in [0.29, 0.717) is 0 Å². The maximum Gasteiger partial charge on any atom is 0.164 e. The van der Waals surface area contributed by atoms with Crippen molar-refractivity contribution in [3.8, 4) is 21.3 Å². The summed E-state index contributed by atoms with van der Waals surface area (Å²) in [6.45, 7) is 4.21. The molecule has 2 nitrogen and oxygen atoms in total. The summed E-state index contributed by atoms with van der Waals surface area (Å²) in [5.74, 6) is 1.76. The van der Waals surface area contributed by atoms with Gasteiger partial charge in [0.05, 0.1) is 37.5 Å². The van der Waals surface area contributed by atoms with Crippen molar-refractivity contribution in [1.29, 1.82) is 0 Å². The van der Waals surface area contributed by atoms with Crippen LogP contribution in [0.1, 0.15) is 9.75 Å². The average molecular weight is 728 g/mol. The van der Waals surface area contributed by atoms with Crippen molar-refractivity contribution in [3.63, 3.8) is 0 Å².